The van der Waals surface area contributed by atoms with Crippen molar-refractivity contribution < 1.29 is 9.15 Å². The zero-order valence-corrected chi connectivity index (χ0v) is 17.3. The van der Waals surface area contributed by atoms with E-state index in [0.29, 0.717) is 22.0 Å². The number of para-hydroxylation sites is 2. The number of hydrogen-bond acceptors (Lipinski definition) is 7. The molecule has 0 saturated heterocycles. The minimum absolute atomic E-state index is 0.328. The largest absolute Gasteiger partial charge is 0.497 e. The zero-order valence-electron chi connectivity index (χ0n) is 16.5. The standard InChI is InChI=1S/C24H17N3O3S/c1-29-16-12-10-15(11-13-16)26-22-17-6-2-4-8-20(17)30-23(28)18(22)14-25-24-27-19-7-3-5-9-21(19)31-24/h2-14,26H,1H3/b25-14+. The molecule has 31 heavy (non-hydrogen) atoms. The Hall–Kier alpha value is -3.97. The van der Waals surface area contributed by atoms with Gasteiger partial charge in [0.15, 0.2) is 0 Å². The van der Waals surface area contributed by atoms with E-state index in [4.69, 9.17) is 9.15 Å². The fraction of sp³-hybridized carbons (Fsp3) is 0.0417. The molecule has 0 spiro atoms. The Morgan fingerprint density at radius 3 is 2.61 bits per heavy atom. The zero-order chi connectivity index (χ0) is 21.2. The van der Waals surface area contributed by atoms with Crippen molar-refractivity contribution in [2.45, 2.75) is 0 Å². The number of fused-ring (bicyclic) bond motifs is 2. The Balaban J connectivity index is 1.61. The van der Waals surface area contributed by atoms with E-state index in [1.165, 1.54) is 17.6 Å². The topological polar surface area (TPSA) is 76.7 Å². The average Bonchev–Trinajstić information content (AvgIpc) is 3.22. The van der Waals surface area contributed by atoms with Gasteiger partial charge in [0.2, 0.25) is 5.13 Å². The van der Waals surface area contributed by atoms with Crippen LogP contribution < -0.4 is 15.7 Å². The van der Waals surface area contributed by atoms with Gasteiger partial charge in [-0.15, -0.1) is 0 Å². The third kappa shape index (κ3) is 3.78. The number of methoxy groups -OCH3 is 1. The fourth-order valence-corrected chi connectivity index (χ4v) is 4.08. The second-order valence-corrected chi connectivity index (χ2v) is 7.76. The lowest BCUT2D eigenvalue weighted by Gasteiger charge is -2.12. The molecule has 0 aliphatic carbocycles. The van der Waals surface area contributed by atoms with Crippen LogP contribution >= 0.6 is 11.3 Å². The number of ether oxygens (including phenoxy) is 1. The summed E-state index contributed by atoms with van der Waals surface area (Å²) in [6.07, 6.45) is 1.52. The monoisotopic (exact) mass is 427 g/mol. The number of aliphatic imine (C=N–C) groups is 1. The molecule has 0 aliphatic heterocycles. The highest BCUT2D eigenvalue weighted by molar-refractivity contribution is 7.22. The fourth-order valence-electron chi connectivity index (χ4n) is 3.27. The minimum Gasteiger partial charge on any atom is -0.497 e. The van der Waals surface area contributed by atoms with E-state index in [1.807, 2.05) is 66.7 Å². The van der Waals surface area contributed by atoms with Crippen LogP contribution in [0.5, 0.6) is 5.75 Å². The minimum atomic E-state index is -0.473. The van der Waals surface area contributed by atoms with Crippen LogP contribution in [0.2, 0.25) is 0 Å². The summed E-state index contributed by atoms with van der Waals surface area (Å²) in [7, 11) is 1.62. The van der Waals surface area contributed by atoms with E-state index in [9.17, 15) is 4.79 Å². The lowest BCUT2D eigenvalue weighted by Crippen LogP contribution is -2.11. The second-order valence-electron chi connectivity index (χ2n) is 6.75. The Morgan fingerprint density at radius 2 is 1.81 bits per heavy atom. The van der Waals surface area contributed by atoms with Crippen LogP contribution in [-0.4, -0.2) is 18.3 Å². The Labute approximate surface area is 181 Å². The second kappa shape index (κ2) is 8.04. The summed E-state index contributed by atoms with van der Waals surface area (Å²) < 4.78 is 11.8. The predicted molar refractivity (Wildman–Crippen MR) is 126 cm³/mol. The summed E-state index contributed by atoms with van der Waals surface area (Å²) >= 11 is 1.46. The molecular weight excluding hydrogens is 410 g/mol. The van der Waals surface area contributed by atoms with Crippen molar-refractivity contribution >= 4 is 55.2 Å². The van der Waals surface area contributed by atoms with Crippen LogP contribution in [0.4, 0.5) is 16.5 Å². The van der Waals surface area contributed by atoms with Gasteiger partial charge in [-0.05, 0) is 48.5 Å². The number of rotatable bonds is 5. The van der Waals surface area contributed by atoms with Gasteiger partial charge in [0.05, 0.1) is 23.0 Å². The Bertz CT molecular complexity index is 1440. The first kappa shape index (κ1) is 19.0. The summed E-state index contributed by atoms with van der Waals surface area (Å²) in [6.45, 7) is 0. The summed E-state index contributed by atoms with van der Waals surface area (Å²) in [5.41, 5.74) is 2.67. The molecule has 0 bridgehead atoms. The number of aromatic nitrogens is 1. The Morgan fingerprint density at radius 1 is 1.03 bits per heavy atom. The van der Waals surface area contributed by atoms with Crippen molar-refractivity contribution in [1.82, 2.24) is 4.98 Å². The SMILES string of the molecule is COc1ccc(Nc2c(/C=N/c3nc4ccccc4s3)c(=O)oc3ccccc23)cc1. The first-order valence-electron chi connectivity index (χ1n) is 9.58. The van der Waals surface area contributed by atoms with Crippen LogP contribution in [0, 0.1) is 0 Å². The van der Waals surface area contributed by atoms with Gasteiger partial charge >= 0.3 is 5.63 Å². The quantitative estimate of drug-likeness (QED) is 0.279. The Kier molecular flexibility index (Phi) is 4.93. The molecule has 6 nitrogen and oxygen atoms in total. The summed E-state index contributed by atoms with van der Waals surface area (Å²) in [4.78, 5) is 21.8. The molecule has 0 saturated carbocycles. The molecule has 0 aliphatic rings. The number of anilines is 2. The first-order valence-corrected chi connectivity index (χ1v) is 10.4. The third-order valence-electron chi connectivity index (χ3n) is 4.79. The number of benzene rings is 3. The molecule has 5 rings (SSSR count). The van der Waals surface area contributed by atoms with Gasteiger partial charge in [-0.25, -0.2) is 14.8 Å². The summed E-state index contributed by atoms with van der Waals surface area (Å²) in [6, 6.07) is 22.7. The molecule has 3 aromatic carbocycles. The van der Waals surface area contributed by atoms with Crippen LogP contribution in [0.25, 0.3) is 21.2 Å². The smallest absolute Gasteiger partial charge is 0.347 e. The highest BCUT2D eigenvalue weighted by Gasteiger charge is 2.14. The van der Waals surface area contributed by atoms with Crippen LogP contribution in [0.15, 0.2) is 87.0 Å². The van der Waals surface area contributed by atoms with E-state index < -0.39 is 5.63 Å². The molecular formula is C24H17N3O3S. The van der Waals surface area contributed by atoms with E-state index >= 15 is 0 Å². The van der Waals surface area contributed by atoms with Gasteiger partial charge in [0.1, 0.15) is 16.9 Å². The normalized spacial score (nSPS) is 11.4. The van der Waals surface area contributed by atoms with Crippen LogP contribution in [0.1, 0.15) is 5.56 Å². The highest BCUT2D eigenvalue weighted by Crippen LogP contribution is 2.30. The first-order chi connectivity index (χ1) is 15.2. The number of hydrogen-bond donors (Lipinski definition) is 1. The number of nitrogens with one attached hydrogen (secondary N) is 1. The van der Waals surface area contributed by atoms with Gasteiger partial charge < -0.3 is 14.5 Å². The predicted octanol–water partition coefficient (Wildman–Crippen LogP) is 5.91. The van der Waals surface area contributed by atoms with Crippen LogP contribution in [0.3, 0.4) is 0 Å². The van der Waals surface area contributed by atoms with Crippen LogP contribution in [-0.2, 0) is 0 Å². The highest BCUT2D eigenvalue weighted by atomic mass is 32.1. The molecule has 0 unspecified atom stereocenters. The summed E-state index contributed by atoms with van der Waals surface area (Å²) in [5, 5.41) is 4.70. The average molecular weight is 427 g/mol. The van der Waals surface area contributed by atoms with E-state index in [1.54, 1.807) is 13.2 Å². The van der Waals surface area contributed by atoms with Gasteiger partial charge in [-0.2, -0.15) is 0 Å². The van der Waals surface area contributed by atoms with Gasteiger partial charge in [0, 0.05) is 17.3 Å². The maximum Gasteiger partial charge on any atom is 0.347 e. The molecule has 0 amide bonds. The maximum atomic E-state index is 12.8. The van der Waals surface area contributed by atoms with Crippen molar-refractivity contribution in [1.29, 1.82) is 0 Å². The molecule has 0 radical (unpaired) electrons. The van der Waals surface area contributed by atoms with E-state index in [0.717, 1.165) is 27.0 Å². The van der Waals surface area contributed by atoms with Crippen molar-refractivity contribution in [3.8, 4) is 5.75 Å². The van der Waals surface area contributed by atoms with Gasteiger partial charge in [0.25, 0.3) is 0 Å². The van der Waals surface area contributed by atoms with Gasteiger partial charge in [-0.3, -0.25) is 0 Å². The number of thiazole rings is 1. The van der Waals surface area contributed by atoms with Crippen molar-refractivity contribution in [3.63, 3.8) is 0 Å². The summed E-state index contributed by atoms with van der Waals surface area (Å²) in [5.74, 6) is 0.751. The third-order valence-corrected chi connectivity index (χ3v) is 5.74. The van der Waals surface area contributed by atoms with Crippen molar-refractivity contribution in [3.05, 3.63) is 88.8 Å². The lowest BCUT2D eigenvalue weighted by atomic mass is 10.1. The maximum absolute atomic E-state index is 12.8. The molecule has 7 heteroatoms. The lowest BCUT2D eigenvalue weighted by molar-refractivity contribution is 0.415. The van der Waals surface area contributed by atoms with Crippen molar-refractivity contribution in [2.24, 2.45) is 4.99 Å². The van der Waals surface area contributed by atoms with Gasteiger partial charge in [-0.1, -0.05) is 35.6 Å². The molecule has 2 aromatic heterocycles. The molecule has 2 heterocycles. The number of nitrogens with zero attached hydrogens (tertiary/aromatic N) is 2. The van der Waals surface area contributed by atoms with E-state index in [-0.39, 0.29) is 0 Å². The molecule has 0 atom stereocenters. The molecule has 5 aromatic rings. The molecule has 1 N–H and O–H groups in total. The van der Waals surface area contributed by atoms with E-state index in [2.05, 4.69) is 15.3 Å². The van der Waals surface area contributed by atoms with Crippen molar-refractivity contribution in [2.75, 3.05) is 12.4 Å². The molecule has 152 valence electrons. The molecule has 0 fully saturated rings.